The van der Waals surface area contributed by atoms with E-state index in [0.717, 1.165) is 23.0 Å². The molecule has 2 aliphatic rings. The molecule has 22 heavy (non-hydrogen) atoms. The van der Waals surface area contributed by atoms with Gasteiger partial charge >= 0.3 is 0 Å². The van der Waals surface area contributed by atoms with Crippen LogP contribution in [0.25, 0.3) is 0 Å². The summed E-state index contributed by atoms with van der Waals surface area (Å²) >= 11 is 3.47. The highest BCUT2D eigenvalue weighted by molar-refractivity contribution is 9.10. The monoisotopic (exact) mass is 365 g/mol. The van der Waals surface area contributed by atoms with Gasteiger partial charge in [0.2, 0.25) is 11.8 Å². The Balaban J connectivity index is 1.69. The van der Waals surface area contributed by atoms with Crippen LogP contribution in [-0.2, 0) is 9.59 Å². The molecule has 0 saturated carbocycles. The summed E-state index contributed by atoms with van der Waals surface area (Å²) in [7, 11) is 0. The van der Waals surface area contributed by atoms with Crippen molar-refractivity contribution in [2.45, 2.75) is 25.3 Å². The molecule has 3 rings (SSSR count). The molecule has 0 aliphatic carbocycles. The van der Waals surface area contributed by atoms with Gasteiger partial charge in [-0.05, 0) is 40.9 Å². The summed E-state index contributed by atoms with van der Waals surface area (Å²) in [6, 6.07) is 7.81. The summed E-state index contributed by atoms with van der Waals surface area (Å²) in [4.78, 5) is 28.5. The number of hydrogen-bond acceptors (Lipinski definition) is 3. The number of carbonyl (C=O) groups excluding carboxylic acids is 2. The highest BCUT2D eigenvalue weighted by Gasteiger charge is 2.38. The van der Waals surface area contributed by atoms with Gasteiger partial charge in [-0.25, -0.2) is 0 Å². The zero-order chi connectivity index (χ0) is 15.7. The molecule has 5 nitrogen and oxygen atoms in total. The molecule has 118 valence electrons. The summed E-state index contributed by atoms with van der Waals surface area (Å²) in [6.07, 6.45) is 1.99. The fraction of sp³-hybridized carbons (Fsp3) is 0.500. The fourth-order valence-corrected chi connectivity index (χ4v) is 3.65. The molecule has 0 spiro atoms. The molecule has 0 aromatic heterocycles. The Labute approximate surface area is 138 Å². The molecule has 0 bridgehead atoms. The number of anilines is 1. The van der Waals surface area contributed by atoms with Crippen molar-refractivity contribution in [3.8, 4) is 0 Å². The quantitative estimate of drug-likeness (QED) is 0.867. The molecular weight excluding hydrogens is 346 g/mol. The van der Waals surface area contributed by atoms with Gasteiger partial charge in [0.15, 0.2) is 0 Å². The van der Waals surface area contributed by atoms with Crippen LogP contribution in [0.3, 0.4) is 0 Å². The normalized spacial score (nSPS) is 23.2. The third-order valence-corrected chi connectivity index (χ3v) is 5.14. The average molecular weight is 366 g/mol. The van der Waals surface area contributed by atoms with E-state index in [2.05, 4.69) is 15.9 Å². The van der Waals surface area contributed by atoms with Crippen LogP contribution in [0.5, 0.6) is 0 Å². The van der Waals surface area contributed by atoms with E-state index in [1.165, 1.54) is 0 Å². The van der Waals surface area contributed by atoms with Crippen LogP contribution in [0.4, 0.5) is 5.69 Å². The van der Waals surface area contributed by atoms with Crippen molar-refractivity contribution in [2.24, 2.45) is 11.7 Å². The molecule has 1 aromatic rings. The number of halogens is 1. The Morgan fingerprint density at radius 3 is 2.59 bits per heavy atom. The van der Waals surface area contributed by atoms with E-state index >= 15 is 0 Å². The maximum atomic E-state index is 12.6. The number of carbonyl (C=O) groups is 2. The number of hydrogen-bond donors (Lipinski definition) is 1. The molecule has 2 heterocycles. The van der Waals surface area contributed by atoms with Gasteiger partial charge in [0.25, 0.3) is 0 Å². The van der Waals surface area contributed by atoms with Crippen molar-refractivity contribution >= 4 is 33.4 Å². The van der Waals surface area contributed by atoms with E-state index in [1.54, 1.807) is 4.90 Å². The molecule has 1 aromatic carbocycles. The topological polar surface area (TPSA) is 66.6 Å². The predicted molar refractivity (Wildman–Crippen MR) is 88.4 cm³/mol. The van der Waals surface area contributed by atoms with E-state index in [9.17, 15) is 9.59 Å². The van der Waals surface area contributed by atoms with Crippen molar-refractivity contribution in [3.05, 3.63) is 28.7 Å². The first kappa shape index (κ1) is 15.5. The molecule has 6 heteroatoms. The second kappa shape index (κ2) is 6.38. The number of benzene rings is 1. The van der Waals surface area contributed by atoms with Crippen LogP contribution < -0.4 is 10.6 Å². The first-order valence-electron chi connectivity index (χ1n) is 7.65. The van der Waals surface area contributed by atoms with E-state index < -0.39 is 0 Å². The predicted octanol–water partition coefficient (Wildman–Crippen LogP) is 1.75. The van der Waals surface area contributed by atoms with E-state index in [-0.39, 0.29) is 23.8 Å². The Morgan fingerprint density at radius 2 is 1.91 bits per heavy atom. The maximum absolute atomic E-state index is 12.6. The fourth-order valence-electron chi connectivity index (χ4n) is 3.15. The van der Waals surface area contributed by atoms with Crippen molar-refractivity contribution in [1.82, 2.24) is 4.90 Å². The number of para-hydroxylation sites is 1. The number of amides is 2. The Morgan fingerprint density at radius 1 is 1.23 bits per heavy atom. The van der Waals surface area contributed by atoms with Gasteiger partial charge in [-0.2, -0.15) is 0 Å². The lowest BCUT2D eigenvalue weighted by Gasteiger charge is -2.32. The number of nitrogens with two attached hydrogens (primary N) is 1. The molecule has 2 N–H and O–H groups in total. The third-order valence-electron chi connectivity index (χ3n) is 4.47. The van der Waals surface area contributed by atoms with Gasteiger partial charge in [-0.1, -0.05) is 12.1 Å². The van der Waals surface area contributed by atoms with Crippen LogP contribution in [0.1, 0.15) is 19.3 Å². The van der Waals surface area contributed by atoms with Gasteiger partial charge in [0, 0.05) is 36.6 Å². The van der Waals surface area contributed by atoms with Crippen LogP contribution in [0, 0.1) is 5.92 Å². The summed E-state index contributed by atoms with van der Waals surface area (Å²) in [5.41, 5.74) is 6.72. The van der Waals surface area contributed by atoms with Crippen LogP contribution >= 0.6 is 15.9 Å². The molecule has 1 atom stereocenters. The lowest BCUT2D eigenvalue weighted by Crippen LogP contribution is -2.45. The number of piperidine rings is 1. The number of rotatable bonds is 2. The van der Waals surface area contributed by atoms with Crippen molar-refractivity contribution in [3.63, 3.8) is 0 Å². The third kappa shape index (κ3) is 3.03. The summed E-state index contributed by atoms with van der Waals surface area (Å²) in [5, 5.41) is 0. The van der Waals surface area contributed by atoms with E-state index in [4.69, 9.17) is 5.73 Å². The minimum Gasteiger partial charge on any atom is -0.342 e. The van der Waals surface area contributed by atoms with Crippen molar-refractivity contribution in [1.29, 1.82) is 0 Å². The van der Waals surface area contributed by atoms with Crippen molar-refractivity contribution < 1.29 is 9.59 Å². The Bertz CT molecular complexity index is 585. The number of nitrogens with zero attached hydrogens (tertiary/aromatic N) is 2. The molecule has 2 amide bonds. The zero-order valence-corrected chi connectivity index (χ0v) is 14.0. The zero-order valence-electron chi connectivity index (χ0n) is 12.4. The summed E-state index contributed by atoms with van der Waals surface area (Å²) in [6.45, 7) is 1.88. The van der Waals surface area contributed by atoms with Gasteiger partial charge in [0.1, 0.15) is 0 Å². The second-order valence-electron chi connectivity index (χ2n) is 6.02. The lowest BCUT2D eigenvalue weighted by atomic mass is 10.0. The molecule has 1 unspecified atom stereocenters. The Hall–Kier alpha value is -1.40. The standard InChI is InChI=1S/C16H20BrN3O2/c17-13-3-1-2-4-14(13)20-10-11(9-15(20)21)16(22)19-7-5-12(18)6-8-19/h1-4,11-12H,5-10,18H2. The second-order valence-corrected chi connectivity index (χ2v) is 6.87. The summed E-state index contributed by atoms with van der Waals surface area (Å²) < 4.78 is 0.875. The van der Waals surface area contributed by atoms with E-state index in [1.807, 2.05) is 29.2 Å². The van der Waals surface area contributed by atoms with Gasteiger partial charge < -0.3 is 15.5 Å². The minimum absolute atomic E-state index is 0.0129. The molecular formula is C16H20BrN3O2. The SMILES string of the molecule is NC1CCN(C(=O)C2CC(=O)N(c3ccccc3Br)C2)CC1. The molecule has 0 radical (unpaired) electrons. The molecule has 2 aliphatic heterocycles. The van der Waals surface area contributed by atoms with Crippen molar-refractivity contribution in [2.75, 3.05) is 24.5 Å². The highest BCUT2D eigenvalue weighted by Crippen LogP contribution is 2.32. The Kier molecular flexibility index (Phi) is 4.49. The van der Waals surface area contributed by atoms with Crippen LogP contribution in [0.2, 0.25) is 0 Å². The highest BCUT2D eigenvalue weighted by atomic mass is 79.9. The lowest BCUT2D eigenvalue weighted by molar-refractivity contribution is -0.136. The smallest absolute Gasteiger partial charge is 0.228 e. The maximum Gasteiger partial charge on any atom is 0.228 e. The first-order valence-corrected chi connectivity index (χ1v) is 8.45. The van der Waals surface area contributed by atoms with E-state index in [0.29, 0.717) is 26.1 Å². The van der Waals surface area contributed by atoms with Gasteiger partial charge in [-0.3, -0.25) is 9.59 Å². The van der Waals surface area contributed by atoms with Gasteiger partial charge in [0.05, 0.1) is 11.6 Å². The number of likely N-dealkylation sites (tertiary alicyclic amines) is 1. The van der Waals surface area contributed by atoms with Gasteiger partial charge in [-0.15, -0.1) is 0 Å². The van der Waals surface area contributed by atoms with Crippen LogP contribution in [-0.4, -0.2) is 42.4 Å². The minimum atomic E-state index is -0.242. The first-order chi connectivity index (χ1) is 10.6. The largest absolute Gasteiger partial charge is 0.342 e. The molecule has 2 saturated heterocycles. The van der Waals surface area contributed by atoms with Crippen LogP contribution in [0.15, 0.2) is 28.7 Å². The average Bonchev–Trinajstić information content (AvgIpc) is 2.90. The summed E-state index contributed by atoms with van der Waals surface area (Å²) in [5.74, 6) is -0.136. The molecule has 2 fully saturated rings.